The summed E-state index contributed by atoms with van der Waals surface area (Å²) in [7, 11) is 0. The van der Waals surface area contributed by atoms with E-state index < -0.39 is 12.1 Å². The largest absolute Gasteiger partial charge is 0.322 e. The van der Waals surface area contributed by atoms with Crippen LogP contribution in [0.1, 0.15) is 31.1 Å². The number of amides is 3. The molecule has 1 N–H and O–H groups in total. The van der Waals surface area contributed by atoms with Gasteiger partial charge >= 0.3 is 6.03 Å². The number of rotatable bonds is 5. The number of urea groups is 1. The van der Waals surface area contributed by atoms with E-state index in [-0.39, 0.29) is 18.5 Å². The maximum Gasteiger partial charge on any atom is 0.322 e. The number of benzene rings is 3. The molecular weight excluding hydrogens is 543 g/mol. The number of hydrogen-bond donors (Lipinski definition) is 1. The molecule has 0 aliphatic carbocycles. The van der Waals surface area contributed by atoms with Gasteiger partial charge in [0, 0.05) is 17.3 Å². The molecule has 9 heteroatoms. The first kappa shape index (κ1) is 26.2. The van der Waals surface area contributed by atoms with Crippen molar-refractivity contribution in [2.75, 3.05) is 16.8 Å². The number of aromatic nitrogens is 1. The lowest BCUT2D eigenvalue weighted by Crippen LogP contribution is -2.49. The summed E-state index contributed by atoms with van der Waals surface area (Å²) >= 11 is 18.9. The molecule has 1 aliphatic rings. The Kier molecular flexibility index (Phi) is 7.39. The zero-order valence-corrected chi connectivity index (χ0v) is 23.0. The lowest BCUT2D eigenvalue weighted by Gasteiger charge is -2.40. The fourth-order valence-electron chi connectivity index (χ4n) is 4.76. The minimum absolute atomic E-state index is 0.169. The van der Waals surface area contributed by atoms with Crippen molar-refractivity contribution in [2.24, 2.45) is 0 Å². The standard InChI is InChI=1S/C29H25Cl3N4O2/c1-18(2)35(29(38)33-27-21(31)10-6-11-22(27)32)17-26(37)36-24-13-4-3-12-23(24)34-15-7-14-25(34)28(36)19-8-5-9-20(30)16-19/h3-16,18,28H,17H2,1-2H3,(H,33,38). The first-order valence-electron chi connectivity index (χ1n) is 12.1. The summed E-state index contributed by atoms with van der Waals surface area (Å²) in [6, 6.07) is 22.9. The summed E-state index contributed by atoms with van der Waals surface area (Å²) in [4.78, 5) is 30.8. The molecule has 0 saturated heterocycles. The molecule has 0 bridgehead atoms. The fraction of sp³-hybridized carbons (Fsp3) is 0.172. The van der Waals surface area contributed by atoms with Crippen LogP contribution in [0.5, 0.6) is 0 Å². The first-order chi connectivity index (χ1) is 18.3. The minimum atomic E-state index is -0.476. The normalized spacial score (nSPS) is 14.2. The summed E-state index contributed by atoms with van der Waals surface area (Å²) < 4.78 is 2.08. The van der Waals surface area contributed by atoms with Gasteiger partial charge in [-0.2, -0.15) is 0 Å². The molecule has 0 fully saturated rings. The number of nitrogens with one attached hydrogen (secondary N) is 1. The predicted molar refractivity (Wildman–Crippen MR) is 154 cm³/mol. The van der Waals surface area contributed by atoms with Gasteiger partial charge in [-0.25, -0.2) is 4.79 Å². The fourth-order valence-corrected chi connectivity index (χ4v) is 5.45. The third-order valence-electron chi connectivity index (χ3n) is 6.54. The van der Waals surface area contributed by atoms with Crippen LogP contribution in [-0.2, 0) is 4.79 Å². The van der Waals surface area contributed by atoms with Crippen LogP contribution in [0.3, 0.4) is 0 Å². The van der Waals surface area contributed by atoms with Gasteiger partial charge < -0.3 is 14.8 Å². The van der Waals surface area contributed by atoms with Crippen molar-refractivity contribution in [3.8, 4) is 5.69 Å². The quantitative estimate of drug-likeness (QED) is 0.267. The SMILES string of the molecule is CC(C)N(CC(=O)N1c2ccccc2-n2cccc2C1c1cccc(Cl)c1)C(=O)Nc1c(Cl)cccc1Cl. The van der Waals surface area contributed by atoms with Crippen molar-refractivity contribution in [3.63, 3.8) is 0 Å². The number of fused-ring (bicyclic) bond motifs is 3. The van der Waals surface area contributed by atoms with Crippen LogP contribution < -0.4 is 10.2 Å². The molecule has 3 aromatic carbocycles. The number of carbonyl (C=O) groups excluding carboxylic acids is 2. The van der Waals surface area contributed by atoms with Crippen molar-refractivity contribution in [3.05, 3.63) is 111 Å². The van der Waals surface area contributed by atoms with Crippen molar-refractivity contribution >= 4 is 58.1 Å². The molecule has 0 radical (unpaired) electrons. The molecule has 38 heavy (non-hydrogen) atoms. The maximum absolute atomic E-state index is 14.2. The van der Waals surface area contributed by atoms with Crippen LogP contribution in [0.2, 0.25) is 15.1 Å². The topological polar surface area (TPSA) is 57.6 Å². The highest BCUT2D eigenvalue weighted by molar-refractivity contribution is 6.39. The third kappa shape index (κ3) is 4.87. The van der Waals surface area contributed by atoms with Crippen LogP contribution in [0, 0.1) is 0 Å². The summed E-state index contributed by atoms with van der Waals surface area (Å²) in [5.74, 6) is -0.246. The van der Waals surface area contributed by atoms with E-state index in [1.54, 1.807) is 29.2 Å². The monoisotopic (exact) mass is 566 g/mol. The first-order valence-corrected chi connectivity index (χ1v) is 13.3. The predicted octanol–water partition coefficient (Wildman–Crippen LogP) is 7.82. The van der Waals surface area contributed by atoms with Gasteiger partial charge in [0.05, 0.1) is 32.8 Å². The molecule has 5 rings (SSSR count). The summed E-state index contributed by atoms with van der Waals surface area (Å²) in [5, 5.41) is 3.98. The molecule has 3 amide bonds. The second-order valence-electron chi connectivity index (χ2n) is 9.26. The zero-order valence-electron chi connectivity index (χ0n) is 20.7. The van der Waals surface area contributed by atoms with Crippen LogP contribution in [0.25, 0.3) is 5.69 Å². The Morgan fingerprint density at radius 3 is 2.26 bits per heavy atom. The highest BCUT2D eigenvalue weighted by Gasteiger charge is 2.37. The van der Waals surface area contributed by atoms with Crippen molar-refractivity contribution in [2.45, 2.75) is 25.9 Å². The second kappa shape index (κ2) is 10.7. The summed E-state index contributed by atoms with van der Waals surface area (Å²) in [6.45, 7) is 3.54. The van der Waals surface area contributed by atoms with E-state index in [2.05, 4.69) is 9.88 Å². The Bertz CT molecular complexity index is 1500. The van der Waals surface area contributed by atoms with Gasteiger partial charge in [-0.3, -0.25) is 9.69 Å². The van der Waals surface area contributed by atoms with Gasteiger partial charge in [0.1, 0.15) is 12.6 Å². The van der Waals surface area contributed by atoms with Gasteiger partial charge in [0.2, 0.25) is 5.91 Å². The van der Waals surface area contributed by atoms with E-state index in [9.17, 15) is 9.59 Å². The second-order valence-corrected chi connectivity index (χ2v) is 10.5. The molecule has 1 atom stereocenters. The lowest BCUT2D eigenvalue weighted by atomic mass is 9.97. The summed E-state index contributed by atoms with van der Waals surface area (Å²) in [5.41, 5.74) is 3.70. The average molecular weight is 568 g/mol. The highest BCUT2D eigenvalue weighted by Crippen LogP contribution is 2.42. The molecule has 2 heterocycles. The highest BCUT2D eigenvalue weighted by atomic mass is 35.5. The number of hydrogen-bond acceptors (Lipinski definition) is 2. The Balaban J connectivity index is 1.53. The number of carbonyl (C=O) groups is 2. The smallest absolute Gasteiger partial charge is 0.316 e. The Labute approximate surface area is 236 Å². The van der Waals surface area contributed by atoms with Crippen LogP contribution >= 0.6 is 34.8 Å². The van der Waals surface area contributed by atoms with Crippen molar-refractivity contribution < 1.29 is 9.59 Å². The molecule has 6 nitrogen and oxygen atoms in total. The van der Waals surface area contributed by atoms with Crippen molar-refractivity contribution in [1.29, 1.82) is 0 Å². The Morgan fingerprint density at radius 2 is 1.58 bits per heavy atom. The molecule has 1 aromatic heterocycles. The molecule has 1 aliphatic heterocycles. The van der Waals surface area contributed by atoms with E-state index >= 15 is 0 Å². The zero-order chi connectivity index (χ0) is 27.0. The minimum Gasteiger partial charge on any atom is -0.316 e. The van der Waals surface area contributed by atoms with Crippen molar-refractivity contribution in [1.82, 2.24) is 9.47 Å². The van der Waals surface area contributed by atoms with Crippen LogP contribution in [0.15, 0.2) is 85.1 Å². The van der Waals surface area contributed by atoms with Crippen LogP contribution in [0.4, 0.5) is 16.2 Å². The maximum atomic E-state index is 14.2. The van der Waals surface area contributed by atoms with Gasteiger partial charge in [0.25, 0.3) is 0 Å². The number of para-hydroxylation sites is 3. The average Bonchev–Trinajstić information content (AvgIpc) is 3.38. The number of nitrogens with zero attached hydrogens (tertiary/aromatic N) is 3. The molecule has 4 aromatic rings. The molecule has 1 unspecified atom stereocenters. The molecule has 194 valence electrons. The van der Waals surface area contributed by atoms with Gasteiger partial charge in [0.15, 0.2) is 0 Å². The van der Waals surface area contributed by atoms with Gasteiger partial charge in [-0.15, -0.1) is 0 Å². The summed E-state index contributed by atoms with van der Waals surface area (Å²) in [6.07, 6.45) is 1.98. The molecule has 0 spiro atoms. The Hall–Kier alpha value is -3.45. The van der Waals surface area contributed by atoms with Gasteiger partial charge in [-0.1, -0.05) is 65.1 Å². The molecule has 0 saturated carbocycles. The van der Waals surface area contributed by atoms with Gasteiger partial charge in [-0.05, 0) is 67.9 Å². The van der Waals surface area contributed by atoms with Crippen LogP contribution in [-0.4, -0.2) is 34.0 Å². The lowest BCUT2D eigenvalue weighted by molar-refractivity contribution is -0.119. The third-order valence-corrected chi connectivity index (χ3v) is 7.40. The van der Waals surface area contributed by atoms with E-state index in [0.717, 1.165) is 22.6 Å². The van der Waals surface area contributed by atoms with E-state index in [4.69, 9.17) is 34.8 Å². The molecular formula is C29H25Cl3N4O2. The van der Waals surface area contributed by atoms with E-state index in [1.165, 1.54) is 4.90 Å². The van der Waals surface area contributed by atoms with E-state index in [0.29, 0.717) is 20.8 Å². The number of anilines is 2. The van der Waals surface area contributed by atoms with E-state index in [1.807, 2.05) is 74.6 Å². The Morgan fingerprint density at radius 1 is 0.895 bits per heavy atom. The number of halogens is 3.